The number of rotatable bonds is 21. The number of methoxy groups -OCH3 is 4. The predicted octanol–water partition coefficient (Wildman–Crippen LogP) is 16.6. The summed E-state index contributed by atoms with van der Waals surface area (Å²) in [4.78, 5) is 115. The molecule has 764 valence electrons. The maximum atomic E-state index is 14.1. The molecule has 1 aliphatic heterocycles. The van der Waals surface area contributed by atoms with Gasteiger partial charge < -0.3 is 59.2 Å². The van der Waals surface area contributed by atoms with Gasteiger partial charge in [0.1, 0.15) is 56.2 Å². The van der Waals surface area contributed by atoms with Crippen molar-refractivity contribution in [3.8, 4) is 81.3 Å². The number of nitrogens with zero attached hydrogens (tertiary/aromatic N) is 22. The molecular weight excluding hydrogens is 2000 g/mol. The smallest absolute Gasteiger partial charge is 0.481 e. The summed E-state index contributed by atoms with van der Waals surface area (Å²) in [6, 6.07) is 54.9. The zero-order valence-electron chi connectivity index (χ0n) is 81.4. The van der Waals surface area contributed by atoms with Crippen molar-refractivity contribution < 1.29 is 94.4 Å². The molecule has 0 spiro atoms. The number of aliphatic hydroxyl groups excluding tert-OH is 1. The lowest BCUT2D eigenvalue weighted by atomic mass is 9.84. The van der Waals surface area contributed by atoms with Gasteiger partial charge in [-0.25, -0.2) is 70.6 Å². The van der Waals surface area contributed by atoms with Gasteiger partial charge in [0.15, 0.2) is 34.2 Å². The van der Waals surface area contributed by atoms with Crippen LogP contribution in [0.25, 0.3) is 62.1 Å². The van der Waals surface area contributed by atoms with Crippen molar-refractivity contribution in [1.29, 1.82) is 0 Å². The summed E-state index contributed by atoms with van der Waals surface area (Å²) in [5, 5.41) is 38.1. The Bertz CT molecular complexity index is 7570. The van der Waals surface area contributed by atoms with Gasteiger partial charge in [-0.2, -0.15) is 48.3 Å². The highest BCUT2D eigenvalue weighted by atomic mass is 35.5. The van der Waals surface area contributed by atoms with Gasteiger partial charge in [0.2, 0.25) is 63.3 Å². The Balaban J connectivity index is 0.000000178. The number of nitrogens with one attached hydrogen (secondary N) is 2. The predicted molar refractivity (Wildman–Crippen MR) is 536 cm³/mol. The number of halogens is 6. The number of hydrogen-bond donors (Lipinski definition) is 4. The van der Waals surface area contributed by atoms with Crippen molar-refractivity contribution in [3.05, 3.63) is 311 Å². The van der Waals surface area contributed by atoms with Crippen molar-refractivity contribution in [2.75, 3.05) is 44.8 Å². The van der Waals surface area contributed by atoms with E-state index in [4.69, 9.17) is 117 Å². The molecule has 0 amide bonds. The minimum atomic E-state index is -0.521. The van der Waals surface area contributed by atoms with Crippen LogP contribution < -0.4 is 50.4 Å². The molecule has 20 rings (SSSR count). The Kier molecular flexibility index (Phi) is 42.2. The van der Waals surface area contributed by atoms with E-state index in [1.807, 2.05) is 175 Å². The molecule has 17 aromatic heterocycles. The van der Waals surface area contributed by atoms with Crippen molar-refractivity contribution in [3.63, 3.8) is 0 Å². The first-order valence-electron chi connectivity index (χ1n) is 44.4. The average Bonchev–Trinajstić information content (AvgIpc) is 1.62. The molecule has 0 saturated carbocycles. The SMILES string of the molecule is CCc1ccn2nc(-c3cccc(OC)n3)nc(Nc3ccncc3F)c12.CCc1ccn2nc(-c3cccc(OC)n3)nc(Oc3ccccc3)c12.CCc1ccn2nc(Cl)nc(Cl)c12.CCc1ccn2nc(Cl)nc(Oc3ccccc3)c12.COc1cccc(-c2nc(Nc3ccncc3F)c3c(CO)ccn3n2)n1.COc1cccc(B2OC(C)(C)C(C)(C)O2)n1.Nc1ccncc1F.O=C=O.O=C=O.O=C=O.O=C=O. The summed E-state index contributed by atoms with van der Waals surface area (Å²) in [5.74, 6) is 4.98. The molecule has 1 fully saturated rings. The second kappa shape index (κ2) is 55.7. The molecule has 149 heavy (non-hydrogen) atoms. The zero-order chi connectivity index (χ0) is 108. The van der Waals surface area contributed by atoms with E-state index in [1.165, 1.54) is 37.8 Å². The lowest BCUT2D eigenvalue weighted by Crippen LogP contribution is -2.41. The Hall–Kier alpha value is -18.1. The number of hydrogen-bond acceptors (Lipinski definition) is 37. The van der Waals surface area contributed by atoms with Crippen molar-refractivity contribution in [2.24, 2.45) is 0 Å². The number of para-hydroxylation sites is 2. The highest BCUT2D eigenvalue weighted by Gasteiger charge is 2.52. The molecule has 42 nitrogen and oxygen atoms in total. The van der Waals surface area contributed by atoms with Crippen LogP contribution in [0.2, 0.25) is 15.7 Å². The van der Waals surface area contributed by atoms with Gasteiger partial charge in [0.25, 0.3) is 0 Å². The third-order valence-corrected chi connectivity index (χ3v) is 21.8. The Labute approximate surface area is 862 Å². The average molecular weight is 2090 g/mol. The number of benzene rings is 2. The number of nitrogens with two attached hydrogens (primary N) is 1. The fourth-order valence-electron chi connectivity index (χ4n) is 13.6. The second-order valence-electron chi connectivity index (χ2n) is 30.8. The topological polar surface area (TPSA) is 522 Å². The van der Waals surface area contributed by atoms with Crippen LogP contribution in [0.15, 0.2) is 250 Å². The van der Waals surface area contributed by atoms with E-state index >= 15 is 0 Å². The third-order valence-electron chi connectivity index (χ3n) is 21.2. The van der Waals surface area contributed by atoms with Gasteiger partial charge >= 0.3 is 31.7 Å². The zero-order valence-corrected chi connectivity index (χ0v) is 83.7. The van der Waals surface area contributed by atoms with Crippen LogP contribution in [0.5, 0.6) is 46.8 Å². The quantitative estimate of drug-likeness (QED) is 0.0485. The van der Waals surface area contributed by atoms with E-state index in [2.05, 4.69) is 117 Å². The largest absolute Gasteiger partial charge is 0.514 e. The van der Waals surface area contributed by atoms with Crippen molar-refractivity contribution >= 4 is 128 Å². The highest BCUT2D eigenvalue weighted by Crippen LogP contribution is 2.38. The lowest BCUT2D eigenvalue weighted by molar-refractivity contribution is -0.193. The number of carbonyl (C=O) groups excluding carboxylic acids is 8. The fourth-order valence-corrected chi connectivity index (χ4v) is 14.2. The molecule has 2 aromatic carbocycles. The molecule has 1 aliphatic rings. The van der Waals surface area contributed by atoms with E-state index < -0.39 is 24.6 Å². The van der Waals surface area contributed by atoms with Gasteiger partial charge in [0.05, 0.1) is 87.5 Å². The standard InChI is InChI=1S/C20H18N4O2.C19H17FN6O.C18H15FN6O2.C14H12ClN3O.C12H18BNO3.C8H7Cl2N3.C5H5FN2.4CO2/c1-3-14-12-13-24-18(14)20(26-15-8-5-4-6-9-15)22-19(23-24)16-10-7-11-17(21-16)25-2;1-3-12-8-10-26-17(12)19(23-14-7-9-21-11-13(14)20)24-18(25-26)15-5-4-6-16(22-15)27-2;1-27-15-4-2-3-14(21-15)17-23-18(22-13-5-7-20-9-12(13)19)16-11(10-26)6-8-25(16)24-17;1-2-10-8-9-18-12(10)13(16-14(15)17-18)19-11-6-4-3-5-7-11;1-11(2)12(3,4)17-13(16-11)9-7-6-8-10(14-9)15-5;1-2-5-3-4-13-6(5)7(9)11-8(10)12-13;6-4-3-8-2-1-5(4)7;4*2-1-3/h4-13H,3H2,1-2H3;4-11H,3H2,1-2H3,(H,21,23,24,25);2-9,26H,10H2,1H3,(H,20,22,23,24);3-9H,2H2,1H3;6-8H,1-5H3;3-4H,2H2,1H3;1-3H,(H2,7,8);;;;. The van der Waals surface area contributed by atoms with Crippen LogP contribution in [-0.2, 0) is 80.0 Å². The molecule has 1 saturated heterocycles. The number of anilines is 5. The number of aliphatic hydroxyl groups is 1. The van der Waals surface area contributed by atoms with Crippen LogP contribution in [-0.4, -0.2) is 184 Å². The van der Waals surface area contributed by atoms with Crippen LogP contribution in [0.4, 0.5) is 41.9 Å². The molecule has 19 aromatic rings. The monoisotopic (exact) mass is 2090 g/mol. The first kappa shape index (κ1) is 113. The van der Waals surface area contributed by atoms with E-state index in [-0.39, 0.29) is 64.4 Å². The van der Waals surface area contributed by atoms with E-state index in [9.17, 15) is 18.3 Å². The third kappa shape index (κ3) is 30.3. The Morgan fingerprint density at radius 3 is 1.09 bits per heavy atom. The van der Waals surface area contributed by atoms with Gasteiger partial charge in [-0.1, -0.05) is 100.0 Å². The maximum Gasteiger partial charge on any atom is 0.514 e. The number of ether oxygens (including phenoxy) is 6. The first-order valence-corrected chi connectivity index (χ1v) is 45.5. The summed E-state index contributed by atoms with van der Waals surface area (Å²) >= 11 is 17.5. The van der Waals surface area contributed by atoms with E-state index in [0.717, 1.165) is 106 Å². The van der Waals surface area contributed by atoms with E-state index in [1.54, 1.807) is 105 Å². The molecule has 0 atom stereocenters. The molecule has 0 aliphatic carbocycles. The van der Waals surface area contributed by atoms with E-state index in [0.29, 0.717) is 103 Å². The normalized spacial score (nSPS) is 11.4. The number of aryl methyl sites for hydroxylation is 4. The minimum absolute atomic E-state index is 0.139. The molecule has 49 heteroatoms. The molecule has 5 N–H and O–H groups in total. The summed E-state index contributed by atoms with van der Waals surface area (Å²) in [7, 11) is 5.81. The fraction of sp³-hybridized carbons (Fsp3) is 0.190. The maximum absolute atomic E-state index is 14.1. The summed E-state index contributed by atoms with van der Waals surface area (Å²) in [5.41, 5.74) is 16.4. The number of aromatic nitrogens is 22. The van der Waals surface area contributed by atoms with Crippen LogP contribution in [0, 0.1) is 17.5 Å². The molecule has 0 radical (unpaired) electrons. The van der Waals surface area contributed by atoms with Crippen molar-refractivity contribution in [2.45, 2.75) is 98.9 Å². The summed E-state index contributed by atoms with van der Waals surface area (Å²) in [6.45, 7) is 16.2. The Morgan fingerprint density at radius 2 is 0.711 bits per heavy atom. The molecule has 18 heterocycles. The van der Waals surface area contributed by atoms with Gasteiger partial charge in [-0.3, -0.25) is 15.0 Å². The number of nitrogen functional groups attached to an aromatic ring is 1. The second-order valence-corrected chi connectivity index (χ2v) is 31.9. The lowest BCUT2D eigenvalue weighted by Gasteiger charge is -2.32. The van der Waals surface area contributed by atoms with Crippen LogP contribution >= 0.6 is 34.8 Å². The van der Waals surface area contributed by atoms with Crippen LogP contribution in [0.1, 0.15) is 83.2 Å². The molecular formula is C100H92BCl3F3N25O17. The molecule has 0 bridgehead atoms. The summed E-state index contributed by atoms with van der Waals surface area (Å²) < 4.78 is 93.1. The summed E-state index contributed by atoms with van der Waals surface area (Å²) in [6.07, 6.45) is 21.4. The number of fused-ring (bicyclic) bond motifs is 5. The van der Waals surface area contributed by atoms with Crippen LogP contribution in [0.3, 0.4) is 0 Å². The first-order chi connectivity index (χ1) is 72.0. The highest BCUT2D eigenvalue weighted by molar-refractivity contribution is 6.61. The van der Waals surface area contributed by atoms with Gasteiger partial charge in [-0.15, -0.1) is 25.5 Å². The minimum Gasteiger partial charge on any atom is -0.481 e. The number of pyridine rings is 7. The van der Waals surface area contributed by atoms with Crippen molar-refractivity contribution in [1.82, 2.24) is 108 Å². The Morgan fingerprint density at radius 1 is 0.383 bits per heavy atom. The van der Waals surface area contributed by atoms with Gasteiger partial charge in [-0.05, 0) is 196 Å². The molecule has 0 unspecified atom stereocenters. The van der Waals surface area contributed by atoms with Gasteiger partial charge in [0, 0.05) is 79.4 Å².